The van der Waals surface area contributed by atoms with Gasteiger partial charge in [0.2, 0.25) is 11.9 Å². The average Bonchev–Trinajstić information content (AvgIpc) is 2.99. The predicted octanol–water partition coefficient (Wildman–Crippen LogP) is 0.308. The molecule has 0 aliphatic heterocycles. The van der Waals surface area contributed by atoms with Crippen molar-refractivity contribution in [3.05, 3.63) is 18.5 Å². The summed E-state index contributed by atoms with van der Waals surface area (Å²) in [5, 5.41) is 16.3. The van der Waals surface area contributed by atoms with E-state index in [0.717, 1.165) is 0 Å². The second kappa shape index (κ2) is 6.80. The molecule has 0 aromatic carbocycles. The fourth-order valence-corrected chi connectivity index (χ4v) is 1.74. The van der Waals surface area contributed by atoms with Gasteiger partial charge in [-0.1, -0.05) is 0 Å². The van der Waals surface area contributed by atoms with Gasteiger partial charge in [0.1, 0.15) is 0 Å². The molecule has 0 amide bonds. The van der Waals surface area contributed by atoms with Gasteiger partial charge in [-0.25, -0.2) is 4.68 Å². The first-order chi connectivity index (χ1) is 9.78. The largest absolute Gasteiger partial charge is 0.395 e. The molecule has 0 bridgehead atoms. The van der Waals surface area contributed by atoms with Crippen LogP contribution in [0.4, 0.5) is 11.9 Å². The summed E-state index contributed by atoms with van der Waals surface area (Å²) in [6, 6.07) is 1.81. The monoisotopic (exact) mass is 277 g/mol. The number of likely N-dealkylation sites (N-methyl/N-ethyl adjacent to an activating group) is 1. The fourth-order valence-electron chi connectivity index (χ4n) is 1.74. The number of anilines is 2. The first-order valence-corrected chi connectivity index (χ1v) is 6.64. The number of aliphatic hydroxyl groups is 1. The van der Waals surface area contributed by atoms with Crippen molar-refractivity contribution in [1.82, 2.24) is 24.7 Å². The van der Waals surface area contributed by atoms with E-state index in [1.54, 1.807) is 17.1 Å². The van der Waals surface area contributed by atoms with E-state index < -0.39 is 0 Å². The molecule has 8 heteroatoms. The minimum absolute atomic E-state index is 0.0488. The summed E-state index contributed by atoms with van der Waals surface area (Å²) in [5.41, 5.74) is 0. The second-order valence-corrected chi connectivity index (χ2v) is 4.04. The highest BCUT2D eigenvalue weighted by Gasteiger charge is 2.12. The van der Waals surface area contributed by atoms with Crippen LogP contribution < -0.4 is 10.2 Å². The molecule has 2 N–H and O–H groups in total. The Labute approximate surface area is 117 Å². The molecule has 108 valence electrons. The SMILES string of the molecule is CCNc1nc(N(CC)CCO)nc(-n2cccn2)n1. The molecule has 2 rings (SSSR count). The van der Waals surface area contributed by atoms with Crippen LogP contribution in [0, 0.1) is 0 Å². The molecule has 0 unspecified atom stereocenters. The number of hydrogen-bond donors (Lipinski definition) is 2. The molecule has 0 saturated carbocycles. The Kier molecular flexibility index (Phi) is 4.83. The molecule has 0 spiro atoms. The van der Waals surface area contributed by atoms with Gasteiger partial charge >= 0.3 is 0 Å². The van der Waals surface area contributed by atoms with Gasteiger partial charge in [-0.2, -0.15) is 20.1 Å². The van der Waals surface area contributed by atoms with Crippen molar-refractivity contribution < 1.29 is 5.11 Å². The minimum atomic E-state index is 0.0488. The molecule has 8 nitrogen and oxygen atoms in total. The van der Waals surface area contributed by atoms with E-state index in [1.807, 2.05) is 24.8 Å². The lowest BCUT2D eigenvalue weighted by Gasteiger charge is -2.20. The van der Waals surface area contributed by atoms with Crippen molar-refractivity contribution in [1.29, 1.82) is 0 Å². The summed E-state index contributed by atoms with van der Waals surface area (Å²) in [6.45, 7) is 5.91. The number of aromatic nitrogens is 5. The molecule has 0 aliphatic rings. The lowest BCUT2D eigenvalue weighted by Crippen LogP contribution is -2.29. The fraction of sp³-hybridized carbons (Fsp3) is 0.500. The predicted molar refractivity (Wildman–Crippen MR) is 76.1 cm³/mol. The summed E-state index contributed by atoms with van der Waals surface area (Å²) in [5.74, 6) is 1.48. The average molecular weight is 277 g/mol. The zero-order valence-corrected chi connectivity index (χ0v) is 11.7. The number of nitrogens with zero attached hydrogens (tertiary/aromatic N) is 6. The van der Waals surface area contributed by atoms with E-state index in [1.165, 1.54) is 0 Å². The molecule has 20 heavy (non-hydrogen) atoms. The van der Waals surface area contributed by atoms with Crippen molar-refractivity contribution >= 4 is 11.9 Å². The Bertz CT molecular complexity index is 529. The first-order valence-electron chi connectivity index (χ1n) is 6.64. The maximum absolute atomic E-state index is 9.11. The third-order valence-electron chi connectivity index (χ3n) is 2.69. The Morgan fingerprint density at radius 3 is 2.75 bits per heavy atom. The van der Waals surface area contributed by atoms with Gasteiger partial charge in [-0.05, 0) is 19.9 Å². The zero-order valence-electron chi connectivity index (χ0n) is 11.7. The van der Waals surface area contributed by atoms with Crippen LogP contribution in [0.15, 0.2) is 18.5 Å². The summed E-state index contributed by atoms with van der Waals surface area (Å²) in [6.07, 6.45) is 3.44. The van der Waals surface area contributed by atoms with Crippen molar-refractivity contribution in [2.24, 2.45) is 0 Å². The molecule has 0 saturated heterocycles. The lowest BCUT2D eigenvalue weighted by atomic mass is 10.5. The van der Waals surface area contributed by atoms with Crippen molar-refractivity contribution in [2.45, 2.75) is 13.8 Å². The van der Waals surface area contributed by atoms with Crippen LogP contribution in [-0.2, 0) is 0 Å². The van der Waals surface area contributed by atoms with Crippen molar-refractivity contribution in [3.8, 4) is 5.95 Å². The van der Waals surface area contributed by atoms with Gasteiger partial charge in [0.25, 0.3) is 5.95 Å². The van der Waals surface area contributed by atoms with Crippen molar-refractivity contribution in [2.75, 3.05) is 36.5 Å². The highest BCUT2D eigenvalue weighted by molar-refractivity contribution is 5.39. The maximum atomic E-state index is 9.11. The highest BCUT2D eigenvalue weighted by atomic mass is 16.3. The van der Waals surface area contributed by atoms with Crippen LogP contribution in [0.5, 0.6) is 0 Å². The third-order valence-corrected chi connectivity index (χ3v) is 2.69. The second-order valence-electron chi connectivity index (χ2n) is 4.04. The standard InChI is InChI=1S/C12H19N7O/c1-3-13-10-15-11(18(4-2)8-9-20)17-12(16-10)19-7-5-6-14-19/h5-7,20H,3-4,8-9H2,1-2H3,(H,13,15,16,17). The van der Waals surface area contributed by atoms with Gasteiger partial charge in [0.05, 0.1) is 6.61 Å². The molecular weight excluding hydrogens is 258 g/mol. The van der Waals surface area contributed by atoms with Crippen LogP contribution >= 0.6 is 0 Å². The lowest BCUT2D eigenvalue weighted by molar-refractivity contribution is 0.301. The summed E-state index contributed by atoms with van der Waals surface area (Å²) in [7, 11) is 0. The normalized spacial score (nSPS) is 10.6. The van der Waals surface area contributed by atoms with Crippen LogP contribution in [-0.4, -0.2) is 56.1 Å². The van der Waals surface area contributed by atoms with E-state index >= 15 is 0 Å². The number of hydrogen-bond acceptors (Lipinski definition) is 7. The van der Waals surface area contributed by atoms with Crippen LogP contribution in [0.2, 0.25) is 0 Å². The Morgan fingerprint density at radius 2 is 2.15 bits per heavy atom. The number of rotatable bonds is 7. The summed E-state index contributed by atoms with van der Waals surface area (Å²) in [4.78, 5) is 15.0. The third kappa shape index (κ3) is 3.21. The Hall–Kier alpha value is -2.22. The smallest absolute Gasteiger partial charge is 0.257 e. The molecule has 2 aromatic rings. The first kappa shape index (κ1) is 14.2. The molecule has 0 aliphatic carbocycles. The van der Waals surface area contributed by atoms with E-state index in [-0.39, 0.29) is 6.61 Å². The van der Waals surface area contributed by atoms with Crippen LogP contribution in [0.3, 0.4) is 0 Å². The number of nitrogens with one attached hydrogen (secondary N) is 1. The topological polar surface area (TPSA) is 92.0 Å². The van der Waals surface area contributed by atoms with Crippen LogP contribution in [0.25, 0.3) is 5.95 Å². The van der Waals surface area contributed by atoms with Gasteiger partial charge in [0, 0.05) is 32.0 Å². The number of aliphatic hydroxyl groups excluding tert-OH is 1. The molecular formula is C12H19N7O. The molecule has 2 heterocycles. The molecule has 2 aromatic heterocycles. The van der Waals surface area contributed by atoms with E-state index in [9.17, 15) is 0 Å². The van der Waals surface area contributed by atoms with Crippen LogP contribution in [0.1, 0.15) is 13.8 Å². The van der Waals surface area contributed by atoms with Crippen molar-refractivity contribution in [3.63, 3.8) is 0 Å². The highest BCUT2D eigenvalue weighted by Crippen LogP contribution is 2.12. The summed E-state index contributed by atoms with van der Waals surface area (Å²) >= 11 is 0. The molecule has 0 fully saturated rings. The Balaban J connectivity index is 2.40. The minimum Gasteiger partial charge on any atom is -0.395 e. The van der Waals surface area contributed by atoms with Gasteiger partial charge in [-0.3, -0.25) is 0 Å². The van der Waals surface area contributed by atoms with Gasteiger partial charge in [0.15, 0.2) is 0 Å². The zero-order chi connectivity index (χ0) is 14.4. The Morgan fingerprint density at radius 1 is 1.30 bits per heavy atom. The van der Waals surface area contributed by atoms with E-state index in [4.69, 9.17) is 5.11 Å². The molecule has 0 atom stereocenters. The van der Waals surface area contributed by atoms with E-state index in [2.05, 4.69) is 25.4 Å². The molecule has 0 radical (unpaired) electrons. The van der Waals surface area contributed by atoms with Gasteiger partial charge in [-0.15, -0.1) is 0 Å². The van der Waals surface area contributed by atoms with Gasteiger partial charge < -0.3 is 15.3 Å². The summed E-state index contributed by atoms with van der Waals surface area (Å²) < 4.78 is 1.58. The quantitative estimate of drug-likeness (QED) is 0.752. The van der Waals surface area contributed by atoms with E-state index in [0.29, 0.717) is 37.5 Å². The maximum Gasteiger partial charge on any atom is 0.257 e.